The fraction of sp³-hybridized carbons (Fsp3) is 0.538. The number of hydrogen-bond donors (Lipinski definition) is 1. The minimum atomic E-state index is -3.46. The summed E-state index contributed by atoms with van der Waals surface area (Å²) in [5.74, 6) is -2.66. The van der Waals surface area contributed by atoms with E-state index >= 15 is 0 Å². The van der Waals surface area contributed by atoms with E-state index in [9.17, 15) is 22.0 Å². The maximum Gasteiger partial charge on any atom is 0.258 e. The second-order valence-electron chi connectivity index (χ2n) is 10.8. The van der Waals surface area contributed by atoms with Crippen molar-refractivity contribution in [1.29, 1.82) is 0 Å². The number of rotatable bonds is 6. The van der Waals surface area contributed by atoms with Crippen molar-refractivity contribution in [1.82, 2.24) is 19.6 Å². The fourth-order valence-corrected chi connectivity index (χ4v) is 6.42. The monoisotopic (exact) mass is 559 g/mol. The molecule has 0 atom stereocenters. The van der Waals surface area contributed by atoms with Gasteiger partial charge in [0.15, 0.2) is 15.5 Å². The Morgan fingerprint density at radius 3 is 2.36 bits per heavy atom. The van der Waals surface area contributed by atoms with E-state index in [0.29, 0.717) is 28.3 Å². The Bertz CT molecular complexity index is 1520. The first kappa shape index (κ1) is 25.9. The van der Waals surface area contributed by atoms with Gasteiger partial charge in [-0.3, -0.25) is 4.79 Å². The summed E-state index contributed by atoms with van der Waals surface area (Å²) in [4.78, 5) is 26.4. The Hall–Kier alpha value is -3.35. The average Bonchev–Trinajstić information content (AvgIpc) is 3.50. The van der Waals surface area contributed by atoms with Crippen LogP contribution in [0.4, 0.5) is 26.2 Å². The van der Waals surface area contributed by atoms with Crippen LogP contribution in [-0.2, 0) is 9.84 Å². The summed E-state index contributed by atoms with van der Waals surface area (Å²) in [5, 5.41) is 7.01. The molecule has 0 unspecified atom stereocenters. The summed E-state index contributed by atoms with van der Waals surface area (Å²) < 4.78 is 54.3. The van der Waals surface area contributed by atoms with E-state index < -0.39 is 21.7 Å². The largest absolute Gasteiger partial charge is 0.371 e. The van der Waals surface area contributed by atoms with E-state index in [0.717, 1.165) is 25.9 Å². The number of carbonyl (C=O) groups excluding carboxylic acids is 1. The van der Waals surface area contributed by atoms with Gasteiger partial charge in [-0.15, -0.1) is 0 Å². The molecule has 2 saturated heterocycles. The zero-order valence-corrected chi connectivity index (χ0v) is 22.6. The van der Waals surface area contributed by atoms with Gasteiger partial charge in [0.2, 0.25) is 5.95 Å². The van der Waals surface area contributed by atoms with Crippen LogP contribution >= 0.6 is 0 Å². The van der Waals surface area contributed by atoms with Crippen LogP contribution in [0, 0.1) is 5.41 Å². The van der Waals surface area contributed by atoms with Gasteiger partial charge in [-0.05, 0) is 49.3 Å². The van der Waals surface area contributed by atoms with Crippen LogP contribution in [0.5, 0.6) is 0 Å². The number of sulfone groups is 1. The van der Waals surface area contributed by atoms with E-state index in [1.165, 1.54) is 29.8 Å². The van der Waals surface area contributed by atoms with Crippen LogP contribution in [0.3, 0.4) is 0 Å². The molecule has 6 rings (SSSR count). The second kappa shape index (κ2) is 9.39. The maximum absolute atomic E-state index is 13.8. The van der Waals surface area contributed by atoms with Crippen LogP contribution in [0.15, 0.2) is 35.5 Å². The van der Waals surface area contributed by atoms with Crippen molar-refractivity contribution in [3.8, 4) is 0 Å². The highest BCUT2D eigenvalue weighted by Crippen LogP contribution is 2.54. The lowest BCUT2D eigenvalue weighted by Gasteiger charge is -2.35. The third-order valence-corrected chi connectivity index (χ3v) is 10.1. The predicted molar refractivity (Wildman–Crippen MR) is 142 cm³/mol. The summed E-state index contributed by atoms with van der Waals surface area (Å²) in [6.07, 6.45) is 5.24. The molecule has 3 aromatic rings. The molecule has 1 amide bonds. The van der Waals surface area contributed by atoms with Crippen LogP contribution in [0.2, 0.25) is 0 Å². The lowest BCUT2D eigenvalue weighted by Crippen LogP contribution is -2.40. The molecule has 208 valence electrons. The number of hydrogen-bond acceptors (Lipinski definition) is 8. The molecule has 3 fully saturated rings. The van der Waals surface area contributed by atoms with Crippen molar-refractivity contribution in [2.45, 2.75) is 56.3 Å². The van der Waals surface area contributed by atoms with Crippen molar-refractivity contribution >= 4 is 38.8 Å². The Morgan fingerprint density at radius 2 is 1.69 bits per heavy atom. The van der Waals surface area contributed by atoms with Crippen LogP contribution < -0.4 is 15.1 Å². The first-order valence-electron chi connectivity index (χ1n) is 13.3. The van der Waals surface area contributed by atoms with Crippen molar-refractivity contribution in [2.75, 3.05) is 47.0 Å². The van der Waals surface area contributed by atoms with Crippen molar-refractivity contribution < 1.29 is 22.0 Å². The van der Waals surface area contributed by atoms with E-state index in [4.69, 9.17) is 0 Å². The van der Waals surface area contributed by atoms with Crippen LogP contribution in [0.1, 0.15) is 55.8 Å². The lowest BCUT2D eigenvalue weighted by atomic mass is 9.93. The summed E-state index contributed by atoms with van der Waals surface area (Å²) in [6.45, 7) is 3.30. The zero-order valence-electron chi connectivity index (χ0n) is 21.7. The molecule has 2 aliphatic heterocycles. The minimum absolute atomic E-state index is 0.0331. The van der Waals surface area contributed by atoms with E-state index in [1.54, 1.807) is 30.0 Å². The number of alkyl halides is 2. The maximum atomic E-state index is 13.8. The van der Waals surface area contributed by atoms with Gasteiger partial charge in [0.25, 0.3) is 11.8 Å². The predicted octanol–water partition coefficient (Wildman–Crippen LogP) is 3.79. The molecule has 1 spiro atoms. The van der Waals surface area contributed by atoms with Crippen LogP contribution in [0.25, 0.3) is 5.65 Å². The Balaban J connectivity index is 1.31. The molecule has 13 heteroatoms. The number of benzene rings is 1. The first-order valence-corrected chi connectivity index (χ1v) is 15.0. The second-order valence-corrected chi connectivity index (χ2v) is 13.1. The smallest absolute Gasteiger partial charge is 0.258 e. The number of nitrogens with zero attached hydrogens (tertiary/aromatic N) is 6. The van der Waals surface area contributed by atoms with Gasteiger partial charge in [0.1, 0.15) is 12.1 Å². The highest BCUT2D eigenvalue weighted by Gasteiger charge is 2.44. The number of anilines is 3. The Kier molecular flexibility index (Phi) is 6.23. The molecule has 1 saturated carbocycles. The average molecular weight is 560 g/mol. The van der Waals surface area contributed by atoms with Crippen molar-refractivity contribution in [3.05, 3.63) is 36.2 Å². The SMILES string of the molecule is CCS(=O)(=O)c1ccc(C(=O)Nc2cc3ncnn3c(N3CCC(F)(F)CC3)n2)c(N2CCC3(CC2)CC3)c1. The van der Waals surface area contributed by atoms with Gasteiger partial charge in [-0.1, -0.05) is 6.92 Å². The number of fused-ring (bicyclic) bond motifs is 1. The Morgan fingerprint density at radius 1 is 1.00 bits per heavy atom. The lowest BCUT2D eigenvalue weighted by molar-refractivity contribution is -0.0223. The Labute approximate surface area is 225 Å². The molecule has 2 aromatic heterocycles. The van der Waals surface area contributed by atoms with Gasteiger partial charge >= 0.3 is 0 Å². The third-order valence-electron chi connectivity index (χ3n) is 8.34. The summed E-state index contributed by atoms with van der Waals surface area (Å²) in [6, 6.07) is 6.20. The molecule has 1 aliphatic carbocycles. The topological polar surface area (TPSA) is 113 Å². The number of carbonyl (C=O) groups is 1. The van der Waals surface area contributed by atoms with Crippen molar-refractivity contribution in [3.63, 3.8) is 0 Å². The van der Waals surface area contributed by atoms with Gasteiger partial charge < -0.3 is 15.1 Å². The molecule has 1 aromatic carbocycles. The van der Waals surface area contributed by atoms with E-state index in [2.05, 4.69) is 25.3 Å². The van der Waals surface area contributed by atoms with E-state index in [-0.39, 0.29) is 42.4 Å². The number of halogens is 2. The summed E-state index contributed by atoms with van der Waals surface area (Å²) >= 11 is 0. The highest BCUT2D eigenvalue weighted by atomic mass is 32.2. The van der Waals surface area contributed by atoms with E-state index in [1.807, 2.05) is 0 Å². The molecular formula is C26H31F2N7O3S. The number of nitrogens with one attached hydrogen (secondary N) is 1. The molecular weight excluding hydrogens is 528 g/mol. The number of piperidine rings is 2. The summed E-state index contributed by atoms with van der Waals surface area (Å²) in [5.41, 5.74) is 1.76. The first-order chi connectivity index (χ1) is 18.6. The van der Waals surface area contributed by atoms with Gasteiger partial charge in [-0.25, -0.2) is 22.2 Å². The zero-order chi connectivity index (χ0) is 27.4. The fourth-order valence-electron chi connectivity index (χ4n) is 5.52. The molecule has 0 radical (unpaired) electrons. The quantitative estimate of drug-likeness (QED) is 0.486. The third kappa shape index (κ3) is 5.04. The number of aromatic nitrogens is 4. The van der Waals surface area contributed by atoms with Gasteiger partial charge in [0.05, 0.1) is 21.9 Å². The van der Waals surface area contributed by atoms with Crippen molar-refractivity contribution in [2.24, 2.45) is 5.41 Å². The standard InChI is InChI=1S/C26H31F2N7O3S/c1-2-39(37,38)18-3-4-19(20(15-18)33-11-7-25(5-6-25)8-12-33)23(36)31-21-16-22-29-17-30-35(22)24(32-21)34-13-9-26(27,28)10-14-34/h3-4,15-17H,2,5-14H2,1H3,(H,31,36). The molecule has 0 bridgehead atoms. The molecule has 3 aliphatic rings. The molecule has 39 heavy (non-hydrogen) atoms. The van der Waals surface area contributed by atoms with Crippen LogP contribution in [-0.4, -0.2) is 71.8 Å². The molecule has 4 heterocycles. The van der Waals surface area contributed by atoms with Gasteiger partial charge in [0, 0.05) is 45.1 Å². The molecule has 10 nitrogen and oxygen atoms in total. The highest BCUT2D eigenvalue weighted by molar-refractivity contribution is 7.91. The normalized spacial score (nSPS) is 20.4. The summed E-state index contributed by atoms with van der Waals surface area (Å²) in [7, 11) is -3.46. The number of amides is 1. The van der Waals surface area contributed by atoms with Gasteiger partial charge in [-0.2, -0.15) is 14.6 Å². The molecule has 1 N–H and O–H groups in total. The minimum Gasteiger partial charge on any atom is -0.371 e.